The molecule has 18 heavy (non-hydrogen) atoms. The maximum Gasteiger partial charge on any atom is 0.326 e. The van der Waals surface area contributed by atoms with Crippen molar-refractivity contribution in [1.82, 2.24) is 5.32 Å². The van der Waals surface area contributed by atoms with Crippen LogP contribution in [0.3, 0.4) is 0 Å². The molecule has 2 atom stereocenters. The minimum atomic E-state index is -0.659. The van der Waals surface area contributed by atoms with Crippen molar-refractivity contribution in [2.75, 3.05) is 20.3 Å². The number of hydrogen-bond donors (Lipinski definition) is 1. The first-order valence-electron chi connectivity index (χ1n) is 6.83. The minimum Gasteiger partial charge on any atom is -0.465 e. The van der Waals surface area contributed by atoms with Gasteiger partial charge in [-0.25, -0.2) is 0 Å². The minimum absolute atomic E-state index is 0.215. The molecule has 0 rings (SSSR count). The van der Waals surface area contributed by atoms with Gasteiger partial charge in [0.2, 0.25) is 0 Å². The van der Waals surface area contributed by atoms with Crippen LogP contribution in [0.25, 0.3) is 0 Å². The van der Waals surface area contributed by atoms with Crippen LogP contribution in [0.15, 0.2) is 0 Å². The Morgan fingerprint density at radius 2 is 1.94 bits per heavy atom. The van der Waals surface area contributed by atoms with E-state index in [9.17, 15) is 4.79 Å². The van der Waals surface area contributed by atoms with Gasteiger partial charge in [-0.2, -0.15) is 0 Å². The maximum atomic E-state index is 11.8. The molecule has 108 valence electrons. The second-order valence-corrected chi connectivity index (χ2v) is 5.36. The molecule has 0 aromatic rings. The van der Waals surface area contributed by atoms with Crippen LogP contribution in [0.5, 0.6) is 0 Å². The number of ether oxygens (including phenoxy) is 2. The fourth-order valence-electron chi connectivity index (χ4n) is 1.82. The average Bonchev–Trinajstić information content (AvgIpc) is 2.28. The van der Waals surface area contributed by atoms with Crippen LogP contribution in [0.2, 0.25) is 0 Å². The van der Waals surface area contributed by atoms with Gasteiger partial charge in [0.15, 0.2) is 0 Å². The number of hydrogen-bond acceptors (Lipinski definition) is 4. The van der Waals surface area contributed by atoms with Crippen LogP contribution in [0, 0.1) is 5.92 Å². The van der Waals surface area contributed by atoms with E-state index in [0.717, 1.165) is 6.42 Å². The summed E-state index contributed by atoms with van der Waals surface area (Å²) in [7, 11) is 1.77. The third-order valence-electron chi connectivity index (χ3n) is 3.09. The zero-order chi connectivity index (χ0) is 14.2. The van der Waals surface area contributed by atoms with Crippen molar-refractivity contribution >= 4 is 5.97 Å². The molecule has 1 N–H and O–H groups in total. The van der Waals surface area contributed by atoms with Gasteiger partial charge in [0.25, 0.3) is 0 Å². The van der Waals surface area contributed by atoms with Crippen molar-refractivity contribution in [2.45, 2.75) is 59.1 Å². The van der Waals surface area contributed by atoms with E-state index in [-0.39, 0.29) is 12.1 Å². The van der Waals surface area contributed by atoms with E-state index in [1.807, 2.05) is 13.8 Å². The molecule has 0 aliphatic rings. The summed E-state index contributed by atoms with van der Waals surface area (Å²) in [6.07, 6.45) is 1.88. The average molecular weight is 259 g/mol. The standard InChI is InChI=1S/C14H29NO3/c1-7-17-13(16)14(5,15-6)8-9-18-12(4)10-11(2)3/h11-12,15H,7-10H2,1-6H3. The molecule has 0 amide bonds. The number of carbonyl (C=O) groups excluding carboxylic acids is 1. The Bertz CT molecular complexity index is 243. The van der Waals surface area contributed by atoms with E-state index in [0.29, 0.717) is 25.6 Å². The number of rotatable bonds is 9. The number of likely N-dealkylation sites (N-methyl/N-ethyl adjacent to an activating group) is 1. The summed E-state index contributed by atoms with van der Waals surface area (Å²) in [6, 6.07) is 0. The van der Waals surface area contributed by atoms with E-state index in [2.05, 4.69) is 26.1 Å². The van der Waals surface area contributed by atoms with Crippen LogP contribution in [-0.2, 0) is 14.3 Å². The van der Waals surface area contributed by atoms with Gasteiger partial charge in [-0.1, -0.05) is 13.8 Å². The molecule has 0 heterocycles. The summed E-state index contributed by atoms with van der Waals surface area (Å²) >= 11 is 0. The maximum absolute atomic E-state index is 11.8. The van der Waals surface area contributed by atoms with Crippen LogP contribution in [0.1, 0.15) is 47.5 Å². The predicted octanol–water partition coefficient (Wildman–Crippen LogP) is 2.37. The highest BCUT2D eigenvalue weighted by atomic mass is 16.5. The summed E-state index contributed by atoms with van der Waals surface area (Å²) in [5.74, 6) is 0.411. The molecule has 2 unspecified atom stereocenters. The lowest BCUT2D eigenvalue weighted by Crippen LogP contribution is -2.49. The first-order chi connectivity index (χ1) is 8.35. The highest BCUT2D eigenvalue weighted by molar-refractivity contribution is 5.80. The van der Waals surface area contributed by atoms with Crippen LogP contribution in [-0.4, -0.2) is 37.9 Å². The van der Waals surface area contributed by atoms with Gasteiger partial charge in [-0.3, -0.25) is 4.79 Å². The molecule has 0 saturated heterocycles. The van der Waals surface area contributed by atoms with Crippen LogP contribution in [0.4, 0.5) is 0 Å². The van der Waals surface area contributed by atoms with Gasteiger partial charge >= 0.3 is 5.97 Å². The summed E-state index contributed by atoms with van der Waals surface area (Å²) in [5, 5.41) is 3.02. The lowest BCUT2D eigenvalue weighted by molar-refractivity contribution is -0.151. The molecular weight excluding hydrogens is 230 g/mol. The summed E-state index contributed by atoms with van der Waals surface area (Å²) < 4.78 is 10.8. The molecule has 0 radical (unpaired) electrons. The largest absolute Gasteiger partial charge is 0.465 e. The van der Waals surface area contributed by atoms with Crippen LogP contribution >= 0.6 is 0 Å². The Labute approximate surface area is 111 Å². The predicted molar refractivity (Wildman–Crippen MR) is 73.6 cm³/mol. The second kappa shape index (κ2) is 8.48. The first kappa shape index (κ1) is 17.4. The molecule has 0 fully saturated rings. The van der Waals surface area contributed by atoms with E-state index >= 15 is 0 Å². The van der Waals surface area contributed by atoms with Crippen molar-refractivity contribution in [3.8, 4) is 0 Å². The quantitative estimate of drug-likeness (QED) is 0.646. The SMILES string of the molecule is CCOC(=O)C(C)(CCOC(C)CC(C)C)NC. The van der Waals surface area contributed by atoms with E-state index in [1.165, 1.54) is 0 Å². The van der Waals surface area contributed by atoms with E-state index in [1.54, 1.807) is 7.05 Å². The van der Waals surface area contributed by atoms with Gasteiger partial charge < -0.3 is 14.8 Å². The first-order valence-corrected chi connectivity index (χ1v) is 6.83. The highest BCUT2D eigenvalue weighted by Crippen LogP contribution is 2.14. The van der Waals surface area contributed by atoms with Crippen LogP contribution < -0.4 is 5.32 Å². The molecule has 0 spiro atoms. The summed E-state index contributed by atoms with van der Waals surface area (Å²) in [4.78, 5) is 11.8. The normalized spacial score (nSPS) is 16.4. The zero-order valence-electron chi connectivity index (χ0n) is 12.7. The van der Waals surface area contributed by atoms with Crippen molar-refractivity contribution in [1.29, 1.82) is 0 Å². The molecule has 0 aromatic heterocycles. The van der Waals surface area contributed by atoms with Gasteiger partial charge in [0.05, 0.1) is 12.7 Å². The van der Waals surface area contributed by atoms with E-state index < -0.39 is 5.54 Å². The van der Waals surface area contributed by atoms with E-state index in [4.69, 9.17) is 9.47 Å². The third-order valence-corrected chi connectivity index (χ3v) is 3.09. The zero-order valence-corrected chi connectivity index (χ0v) is 12.7. The third kappa shape index (κ3) is 6.36. The Kier molecular flexibility index (Phi) is 8.20. The van der Waals surface area contributed by atoms with Crippen molar-refractivity contribution < 1.29 is 14.3 Å². The fourth-order valence-corrected chi connectivity index (χ4v) is 1.82. The van der Waals surface area contributed by atoms with Crippen molar-refractivity contribution in [3.63, 3.8) is 0 Å². The molecule has 0 saturated carbocycles. The molecule has 4 heteroatoms. The summed E-state index contributed by atoms with van der Waals surface area (Å²) in [5.41, 5.74) is -0.659. The topological polar surface area (TPSA) is 47.6 Å². The Balaban J connectivity index is 4.10. The molecule has 0 aliphatic carbocycles. The fraction of sp³-hybridized carbons (Fsp3) is 0.929. The number of nitrogens with one attached hydrogen (secondary N) is 1. The van der Waals surface area contributed by atoms with Gasteiger partial charge in [0.1, 0.15) is 5.54 Å². The van der Waals surface area contributed by atoms with Gasteiger partial charge in [0, 0.05) is 6.61 Å². The molecule has 4 nitrogen and oxygen atoms in total. The number of carbonyl (C=O) groups is 1. The molecular formula is C14H29NO3. The Morgan fingerprint density at radius 1 is 1.33 bits per heavy atom. The molecule has 0 bridgehead atoms. The van der Waals surface area contributed by atoms with Crippen molar-refractivity contribution in [2.24, 2.45) is 5.92 Å². The van der Waals surface area contributed by atoms with Gasteiger partial charge in [-0.05, 0) is 46.6 Å². The Morgan fingerprint density at radius 3 is 2.39 bits per heavy atom. The highest BCUT2D eigenvalue weighted by Gasteiger charge is 2.32. The summed E-state index contributed by atoms with van der Waals surface area (Å²) in [6.45, 7) is 11.1. The van der Waals surface area contributed by atoms with Gasteiger partial charge in [-0.15, -0.1) is 0 Å². The van der Waals surface area contributed by atoms with Crippen molar-refractivity contribution in [3.05, 3.63) is 0 Å². The molecule has 0 aromatic carbocycles. The lowest BCUT2D eigenvalue weighted by atomic mass is 9.99. The number of esters is 1. The molecule has 0 aliphatic heterocycles. The second-order valence-electron chi connectivity index (χ2n) is 5.36. The Hall–Kier alpha value is -0.610. The monoisotopic (exact) mass is 259 g/mol. The lowest BCUT2D eigenvalue weighted by Gasteiger charge is -2.27. The smallest absolute Gasteiger partial charge is 0.326 e.